The van der Waals surface area contributed by atoms with Crippen molar-refractivity contribution in [2.75, 3.05) is 11.9 Å². The van der Waals surface area contributed by atoms with Crippen LogP contribution in [0.2, 0.25) is 0 Å². The third-order valence-electron chi connectivity index (χ3n) is 8.60. The van der Waals surface area contributed by atoms with Crippen LogP contribution in [0.1, 0.15) is 58.4 Å². The van der Waals surface area contributed by atoms with E-state index in [0.717, 1.165) is 31.2 Å². The molecule has 1 saturated carbocycles. The van der Waals surface area contributed by atoms with Crippen LogP contribution >= 0.6 is 0 Å². The molecule has 3 fully saturated rings. The van der Waals surface area contributed by atoms with Gasteiger partial charge in [-0.1, -0.05) is 57.9 Å². The number of nitrogens with one attached hydrogen (secondary N) is 2. The number of ether oxygens (including phenoxy) is 1. The number of carbonyl (C=O) groups is 3. The van der Waals surface area contributed by atoms with Crippen LogP contribution in [0, 0.1) is 30.6 Å². The largest absolute Gasteiger partial charge is 0.359 e. The van der Waals surface area contributed by atoms with Crippen LogP contribution in [0.3, 0.4) is 0 Å². The minimum Gasteiger partial charge on any atom is -0.359 e. The van der Waals surface area contributed by atoms with Gasteiger partial charge in [0.15, 0.2) is 0 Å². The molecule has 3 aliphatic heterocycles. The first kappa shape index (κ1) is 25.0. The molecular formula is C29H39N3O4. The second-order valence-electron chi connectivity index (χ2n) is 11.7. The van der Waals surface area contributed by atoms with Gasteiger partial charge >= 0.3 is 0 Å². The van der Waals surface area contributed by atoms with Gasteiger partial charge in [0.1, 0.15) is 11.6 Å². The van der Waals surface area contributed by atoms with Crippen LogP contribution in [-0.2, 0) is 19.1 Å². The van der Waals surface area contributed by atoms with Crippen molar-refractivity contribution in [2.45, 2.75) is 83.6 Å². The monoisotopic (exact) mass is 493 g/mol. The van der Waals surface area contributed by atoms with E-state index in [9.17, 15) is 14.4 Å². The fourth-order valence-electron chi connectivity index (χ4n) is 6.65. The maximum absolute atomic E-state index is 13.9. The molecule has 1 aromatic carbocycles. The van der Waals surface area contributed by atoms with Gasteiger partial charge in [-0.15, -0.1) is 0 Å². The maximum Gasteiger partial charge on any atom is 0.246 e. The quantitative estimate of drug-likeness (QED) is 0.565. The van der Waals surface area contributed by atoms with Crippen LogP contribution < -0.4 is 10.6 Å². The van der Waals surface area contributed by atoms with Crippen molar-refractivity contribution in [2.24, 2.45) is 23.7 Å². The van der Waals surface area contributed by atoms with Crippen LogP contribution in [0.5, 0.6) is 0 Å². The molecule has 4 aliphatic rings. The zero-order chi connectivity index (χ0) is 25.6. The van der Waals surface area contributed by atoms with Gasteiger partial charge in [-0.2, -0.15) is 0 Å². The zero-order valence-corrected chi connectivity index (χ0v) is 21.8. The number of anilines is 1. The maximum atomic E-state index is 13.9. The molecule has 7 unspecified atom stereocenters. The molecule has 7 nitrogen and oxygen atoms in total. The Kier molecular flexibility index (Phi) is 6.70. The lowest BCUT2D eigenvalue weighted by Gasteiger charge is -2.36. The van der Waals surface area contributed by atoms with Crippen molar-refractivity contribution in [1.29, 1.82) is 0 Å². The molecule has 1 aromatic rings. The molecule has 2 N–H and O–H groups in total. The van der Waals surface area contributed by atoms with E-state index in [4.69, 9.17) is 4.74 Å². The number of hydrogen-bond acceptors (Lipinski definition) is 4. The average Bonchev–Trinajstić information content (AvgIpc) is 3.46. The van der Waals surface area contributed by atoms with E-state index in [1.807, 2.05) is 43.3 Å². The highest BCUT2D eigenvalue weighted by molar-refractivity contribution is 6.02. The summed E-state index contributed by atoms with van der Waals surface area (Å²) in [6.07, 6.45) is 8.37. The van der Waals surface area contributed by atoms with Crippen molar-refractivity contribution in [1.82, 2.24) is 10.2 Å². The number of carbonyl (C=O) groups excluding carboxylic acids is 3. The Morgan fingerprint density at radius 3 is 2.69 bits per heavy atom. The molecule has 0 aromatic heterocycles. The zero-order valence-electron chi connectivity index (χ0n) is 21.8. The Labute approximate surface area is 214 Å². The standard InChI is InChI=1S/C29H39N3O4/c1-17(2)13-15-32-25(27(34)31-21-11-6-5-9-19(21)4)29-14-12-22(36-29)23(24(29)28(32)35)26(33)30-20-10-7-8-18(3)16-20/h7-8,10,12,14,16-17,19,21-25H,5-6,9,11,13,15H2,1-4H3,(H,30,33)(H,31,34). The molecule has 36 heavy (non-hydrogen) atoms. The fraction of sp³-hybridized carbons (Fsp3) is 0.621. The van der Waals surface area contributed by atoms with Crippen molar-refractivity contribution in [3.63, 3.8) is 0 Å². The lowest BCUT2D eigenvalue weighted by atomic mass is 9.74. The summed E-state index contributed by atoms with van der Waals surface area (Å²) in [6.45, 7) is 8.85. The first-order valence-electron chi connectivity index (χ1n) is 13.6. The Hall–Kier alpha value is -2.67. The van der Waals surface area contributed by atoms with Gasteiger partial charge in [0.05, 0.1) is 17.9 Å². The van der Waals surface area contributed by atoms with E-state index in [-0.39, 0.29) is 23.8 Å². The second kappa shape index (κ2) is 9.66. The predicted octanol–water partition coefficient (Wildman–Crippen LogP) is 3.83. The van der Waals surface area contributed by atoms with E-state index in [1.165, 1.54) is 6.42 Å². The molecule has 2 saturated heterocycles. The first-order chi connectivity index (χ1) is 17.2. The third-order valence-corrected chi connectivity index (χ3v) is 8.60. The minimum absolute atomic E-state index is 0.103. The molecule has 194 valence electrons. The predicted molar refractivity (Wildman–Crippen MR) is 138 cm³/mol. The smallest absolute Gasteiger partial charge is 0.246 e. The average molecular weight is 494 g/mol. The highest BCUT2D eigenvalue weighted by atomic mass is 16.5. The van der Waals surface area contributed by atoms with Gasteiger partial charge in [0.25, 0.3) is 0 Å². The topological polar surface area (TPSA) is 87.7 Å². The SMILES string of the molecule is Cc1cccc(NC(=O)C2C3C=CC4(O3)C2C(=O)N(CCC(C)C)C4C(=O)NC2CCCCC2C)c1. The summed E-state index contributed by atoms with van der Waals surface area (Å²) in [7, 11) is 0. The molecule has 3 heterocycles. The van der Waals surface area contributed by atoms with E-state index >= 15 is 0 Å². The highest BCUT2D eigenvalue weighted by Gasteiger charge is 2.72. The van der Waals surface area contributed by atoms with Crippen molar-refractivity contribution < 1.29 is 19.1 Å². The van der Waals surface area contributed by atoms with Gasteiger partial charge in [-0.3, -0.25) is 14.4 Å². The molecule has 7 atom stereocenters. The summed E-state index contributed by atoms with van der Waals surface area (Å²) < 4.78 is 6.44. The lowest BCUT2D eigenvalue weighted by molar-refractivity contribution is -0.141. The summed E-state index contributed by atoms with van der Waals surface area (Å²) in [4.78, 5) is 43.0. The summed E-state index contributed by atoms with van der Waals surface area (Å²) in [5.74, 6) is -1.13. The summed E-state index contributed by atoms with van der Waals surface area (Å²) in [5, 5.41) is 6.28. The number of fused-ring (bicyclic) bond motifs is 1. The summed E-state index contributed by atoms with van der Waals surface area (Å²) >= 11 is 0. The second-order valence-corrected chi connectivity index (χ2v) is 11.7. The summed E-state index contributed by atoms with van der Waals surface area (Å²) in [6, 6.07) is 6.96. The van der Waals surface area contributed by atoms with Crippen LogP contribution in [0.25, 0.3) is 0 Å². The van der Waals surface area contributed by atoms with E-state index in [0.29, 0.717) is 24.1 Å². The molecular weight excluding hydrogens is 454 g/mol. The number of hydrogen-bond donors (Lipinski definition) is 2. The van der Waals surface area contributed by atoms with Crippen LogP contribution in [0.15, 0.2) is 36.4 Å². The Morgan fingerprint density at radius 2 is 1.97 bits per heavy atom. The molecule has 5 rings (SSSR count). The van der Waals surface area contributed by atoms with E-state index in [2.05, 4.69) is 31.4 Å². The number of likely N-dealkylation sites (tertiary alicyclic amines) is 1. The van der Waals surface area contributed by atoms with Crippen LogP contribution in [0.4, 0.5) is 5.69 Å². The van der Waals surface area contributed by atoms with E-state index in [1.54, 1.807) is 4.90 Å². The molecule has 1 aliphatic carbocycles. The van der Waals surface area contributed by atoms with Crippen molar-refractivity contribution in [3.8, 4) is 0 Å². The number of nitrogens with zero attached hydrogens (tertiary/aromatic N) is 1. The Bertz CT molecular complexity index is 1070. The summed E-state index contributed by atoms with van der Waals surface area (Å²) in [5.41, 5.74) is 0.636. The molecule has 2 bridgehead atoms. The minimum atomic E-state index is -1.10. The normalized spacial score (nSPS) is 34.8. The van der Waals surface area contributed by atoms with Crippen LogP contribution in [-0.4, -0.2) is 53.0 Å². The first-order valence-corrected chi connectivity index (χ1v) is 13.6. The fourth-order valence-corrected chi connectivity index (χ4v) is 6.65. The third kappa shape index (κ3) is 4.25. The number of aryl methyl sites for hydroxylation is 1. The molecule has 0 radical (unpaired) electrons. The molecule has 7 heteroatoms. The Morgan fingerprint density at radius 1 is 1.19 bits per heavy atom. The van der Waals surface area contributed by atoms with Gasteiger partial charge in [-0.05, 0) is 55.7 Å². The number of amides is 3. The van der Waals surface area contributed by atoms with Gasteiger partial charge in [0, 0.05) is 18.3 Å². The number of rotatable bonds is 7. The molecule has 1 spiro atoms. The van der Waals surface area contributed by atoms with Crippen molar-refractivity contribution >= 4 is 23.4 Å². The Balaban J connectivity index is 1.43. The van der Waals surface area contributed by atoms with Gasteiger partial charge < -0.3 is 20.3 Å². The van der Waals surface area contributed by atoms with Crippen molar-refractivity contribution in [3.05, 3.63) is 42.0 Å². The van der Waals surface area contributed by atoms with Gasteiger partial charge in [0.2, 0.25) is 17.7 Å². The van der Waals surface area contributed by atoms with Gasteiger partial charge in [-0.25, -0.2) is 0 Å². The molecule has 3 amide bonds. The highest BCUT2D eigenvalue weighted by Crippen LogP contribution is 2.55. The number of benzene rings is 1. The van der Waals surface area contributed by atoms with E-state index < -0.39 is 29.6 Å². The lowest BCUT2D eigenvalue weighted by Crippen LogP contribution is -2.57.